The van der Waals surface area contributed by atoms with Gasteiger partial charge in [-0.1, -0.05) is 255 Å². The smallest absolute Gasteiger partial charge is 0.306 e. The van der Waals surface area contributed by atoms with Gasteiger partial charge in [-0.15, -0.1) is 0 Å². The second-order valence-corrected chi connectivity index (χ2v) is 19.0. The molecule has 0 rings (SSSR count). The van der Waals surface area contributed by atoms with Gasteiger partial charge < -0.3 is 20.3 Å². The predicted octanol–water partition coefficient (Wildman–Crippen LogP) is 17.2. The van der Waals surface area contributed by atoms with Crippen molar-refractivity contribution in [3.8, 4) is 0 Å². The van der Waals surface area contributed by atoms with Gasteiger partial charge in [0.15, 0.2) is 0 Å². The number of carbonyl (C=O) groups excluding carboxylic acids is 2. The Morgan fingerprint density at radius 2 is 0.846 bits per heavy atom. The molecule has 3 atom stereocenters. The lowest BCUT2D eigenvalue weighted by molar-refractivity contribution is -0.151. The van der Waals surface area contributed by atoms with E-state index < -0.39 is 18.2 Å². The van der Waals surface area contributed by atoms with Crippen molar-refractivity contribution >= 4 is 11.9 Å². The third kappa shape index (κ3) is 47.8. The minimum absolute atomic E-state index is 0.0507. The first-order valence-electron chi connectivity index (χ1n) is 28.1. The van der Waals surface area contributed by atoms with Crippen molar-refractivity contribution < 1.29 is 24.5 Å². The monoisotopic (exact) mass is 910 g/mol. The molecule has 378 valence electrons. The van der Waals surface area contributed by atoms with E-state index >= 15 is 0 Å². The van der Waals surface area contributed by atoms with Crippen LogP contribution in [0.1, 0.15) is 278 Å². The molecule has 0 aliphatic rings. The molecule has 6 heteroatoms. The Hall–Kier alpha value is -2.44. The molecule has 3 unspecified atom stereocenters. The second kappa shape index (κ2) is 52.5. The van der Waals surface area contributed by atoms with Crippen molar-refractivity contribution in [1.82, 2.24) is 5.32 Å². The van der Waals surface area contributed by atoms with Gasteiger partial charge in [0.1, 0.15) is 6.10 Å². The fourth-order valence-corrected chi connectivity index (χ4v) is 8.44. The second-order valence-electron chi connectivity index (χ2n) is 19.0. The van der Waals surface area contributed by atoms with Crippen LogP contribution in [0.15, 0.2) is 60.8 Å². The van der Waals surface area contributed by atoms with Crippen molar-refractivity contribution in [1.29, 1.82) is 0 Å². The van der Waals surface area contributed by atoms with Crippen molar-refractivity contribution in [2.24, 2.45) is 0 Å². The molecular formula is C59H107NO5. The summed E-state index contributed by atoms with van der Waals surface area (Å²) in [5.74, 6) is -0.529. The highest BCUT2D eigenvalue weighted by molar-refractivity contribution is 5.77. The van der Waals surface area contributed by atoms with Crippen LogP contribution in [0.25, 0.3) is 0 Å². The fourth-order valence-electron chi connectivity index (χ4n) is 8.44. The van der Waals surface area contributed by atoms with Crippen molar-refractivity contribution in [3.05, 3.63) is 60.8 Å². The van der Waals surface area contributed by atoms with Gasteiger partial charge in [-0.3, -0.25) is 9.59 Å². The summed E-state index contributed by atoms with van der Waals surface area (Å²) in [4.78, 5) is 26.2. The van der Waals surface area contributed by atoms with Gasteiger partial charge in [-0.2, -0.15) is 0 Å². The molecule has 3 N–H and O–H groups in total. The Morgan fingerprint density at radius 1 is 0.462 bits per heavy atom. The lowest BCUT2D eigenvalue weighted by atomic mass is 10.0. The molecule has 0 saturated carbocycles. The summed E-state index contributed by atoms with van der Waals surface area (Å²) in [5, 5.41) is 23.9. The van der Waals surface area contributed by atoms with Gasteiger partial charge in [0.2, 0.25) is 5.91 Å². The maximum absolute atomic E-state index is 13.2. The SMILES string of the molecule is CC/C=C/C=C/C=C\C=C/CCCCCC(=O)OC(CCCCC/C=C/CCCCCCCCCCC)CC(=O)NC(CO)C(O)CCCCCCCCCCCCCCCCCCC. The first-order valence-corrected chi connectivity index (χ1v) is 28.1. The van der Waals surface area contributed by atoms with E-state index in [1.807, 2.05) is 24.3 Å². The number of hydrogen-bond donors (Lipinski definition) is 3. The van der Waals surface area contributed by atoms with E-state index in [4.69, 9.17) is 4.74 Å². The first kappa shape index (κ1) is 62.6. The molecule has 6 nitrogen and oxygen atoms in total. The number of rotatable bonds is 50. The van der Waals surface area contributed by atoms with Gasteiger partial charge in [0.05, 0.1) is 25.2 Å². The zero-order valence-corrected chi connectivity index (χ0v) is 43.1. The number of aliphatic hydroxyl groups excluding tert-OH is 2. The summed E-state index contributed by atoms with van der Waals surface area (Å²) < 4.78 is 5.92. The van der Waals surface area contributed by atoms with Gasteiger partial charge in [0.25, 0.3) is 0 Å². The van der Waals surface area contributed by atoms with Crippen LogP contribution in [0.4, 0.5) is 0 Å². The van der Waals surface area contributed by atoms with E-state index in [9.17, 15) is 19.8 Å². The number of hydrogen-bond acceptors (Lipinski definition) is 5. The van der Waals surface area contributed by atoms with Gasteiger partial charge in [0, 0.05) is 6.42 Å². The van der Waals surface area contributed by atoms with Crippen LogP contribution >= 0.6 is 0 Å². The van der Waals surface area contributed by atoms with Crippen molar-refractivity contribution in [2.45, 2.75) is 296 Å². The molecule has 0 aliphatic heterocycles. The average Bonchev–Trinajstić information content (AvgIpc) is 3.30. The topological polar surface area (TPSA) is 95.9 Å². The normalized spacial score (nSPS) is 13.6. The van der Waals surface area contributed by atoms with Gasteiger partial charge in [-0.25, -0.2) is 0 Å². The molecule has 0 aromatic carbocycles. The summed E-state index contributed by atoms with van der Waals surface area (Å²) in [7, 11) is 0. The molecule has 0 aromatic rings. The van der Waals surface area contributed by atoms with Gasteiger partial charge >= 0.3 is 5.97 Å². The van der Waals surface area contributed by atoms with Crippen LogP contribution in [-0.4, -0.2) is 46.9 Å². The molecule has 65 heavy (non-hydrogen) atoms. The Labute approximate surface area is 403 Å². The Balaban J connectivity index is 4.59. The largest absolute Gasteiger partial charge is 0.462 e. The molecule has 0 bridgehead atoms. The summed E-state index contributed by atoms with van der Waals surface area (Å²) >= 11 is 0. The molecule has 0 saturated heterocycles. The molecule has 0 spiro atoms. The minimum atomic E-state index is -0.801. The molecule has 0 aromatic heterocycles. The van der Waals surface area contributed by atoms with Crippen LogP contribution in [-0.2, 0) is 14.3 Å². The minimum Gasteiger partial charge on any atom is -0.462 e. The summed E-state index contributed by atoms with van der Waals surface area (Å²) in [6.45, 7) is 6.35. The average molecular weight is 911 g/mol. The van der Waals surface area contributed by atoms with E-state index in [1.54, 1.807) is 0 Å². The molecule has 1 amide bonds. The Kier molecular flexibility index (Phi) is 50.6. The highest BCUT2D eigenvalue weighted by Gasteiger charge is 2.24. The molecule has 0 radical (unpaired) electrons. The standard InChI is InChI=1S/C59H107NO5/c1-4-7-10-13-16-19-22-25-27-29-31-34-36-39-42-45-48-51-57(62)56(54-61)60-58(63)53-55(50-47-44-41-38-35-33-30-28-26-23-20-17-14-11-8-5-2)65-59(64)52-49-46-43-40-37-32-24-21-18-15-12-9-6-3/h9,12,15,18,21,24,32-33,35,37,55-57,61-62H,4-8,10-11,13-14,16-17,19-20,22-23,25-31,34,36,38-54H2,1-3H3,(H,60,63)/b12-9+,18-15+,24-21-,35-33+,37-32-. The van der Waals surface area contributed by atoms with E-state index in [0.717, 1.165) is 83.5 Å². The number of carbonyl (C=O) groups is 2. The molecule has 0 aliphatic carbocycles. The summed E-state index contributed by atoms with van der Waals surface area (Å²) in [6, 6.07) is -0.716. The zero-order chi connectivity index (χ0) is 47.4. The number of esters is 1. The van der Waals surface area contributed by atoms with E-state index in [-0.39, 0.29) is 24.9 Å². The summed E-state index contributed by atoms with van der Waals surface area (Å²) in [6.07, 6.45) is 65.7. The third-order valence-corrected chi connectivity index (χ3v) is 12.7. The first-order chi connectivity index (χ1) is 32.0. The zero-order valence-electron chi connectivity index (χ0n) is 43.1. The third-order valence-electron chi connectivity index (χ3n) is 12.7. The molecular weight excluding hydrogens is 803 g/mol. The summed E-state index contributed by atoms with van der Waals surface area (Å²) in [5.41, 5.74) is 0. The van der Waals surface area contributed by atoms with Crippen LogP contribution < -0.4 is 5.32 Å². The number of ether oxygens (including phenoxy) is 1. The maximum Gasteiger partial charge on any atom is 0.306 e. The van der Waals surface area contributed by atoms with Crippen LogP contribution in [0.5, 0.6) is 0 Å². The Morgan fingerprint density at radius 3 is 1.32 bits per heavy atom. The number of aliphatic hydroxyl groups is 2. The molecule has 0 fully saturated rings. The highest BCUT2D eigenvalue weighted by Crippen LogP contribution is 2.18. The van der Waals surface area contributed by atoms with Crippen LogP contribution in [0.2, 0.25) is 0 Å². The fraction of sp³-hybridized carbons (Fsp3) is 0.797. The lowest BCUT2D eigenvalue weighted by Gasteiger charge is -2.24. The number of amides is 1. The maximum atomic E-state index is 13.2. The van der Waals surface area contributed by atoms with E-state index in [2.05, 4.69) is 62.5 Å². The van der Waals surface area contributed by atoms with E-state index in [0.29, 0.717) is 19.3 Å². The number of unbranched alkanes of at least 4 members (excludes halogenated alkanes) is 31. The van der Waals surface area contributed by atoms with E-state index in [1.165, 1.54) is 148 Å². The Bertz CT molecular complexity index is 1160. The predicted molar refractivity (Wildman–Crippen MR) is 282 cm³/mol. The van der Waals surface area contributed by atoms with Crippen LogP contribution in [0, 0.1) is 0 Å². The van der Waals surface area contributed by atoms with Crippen molar-refractivity contribution in [3.63, 3.8) is 0 Å². The van der Waals surface area contributed by atoms with Crippen molar-refractivity contribution in [2.75, 3.05) is 6.61 Å². The highest BCUT2D eigenvalue weighted by atomic mass is 16.5. The number of allylic oxidation sites excluding steroid dienone is 10. The quantitative estimate of drug-likeness (QED) is 0.0245. The lowest BCUT2D eigenvalue weighted by Crippen LogP contribution is -2.46. The number of nitrogens with one attached hydrogen (secondary N) is 1. The van der Waals surface area contributed by atoms with Crippen LogP contribution in [0.3, 0.4) is 0 Å². The molecule has 0 heterocycles. The van der Waals surface area contributed by atoms with Gasteiger partial charge in [-0.05, 0) is 70.6 Å².